The van der Waals surface area contributed by atoms with Crippen molar-refractivity contribution in [2.45, 2.75) is 39.0 Å². The summed E-state index contributed by atoms with van der Waals surface area (Å²) in [5.74, 6) is 0.589. The van der Waals surface area contributed by atoms with Gasteiger partial charge in [-0.15, -0.1) is 0 Å². The molecule has 2 aromatic rings. The molecule has 21 heavy (non-hydrogen) atoms. The van der Waals surface area contributed by atoms with Gasteiger partial charge in [-0.3, -0.25) is 9.48 Å². The van der Waals surface area contributed by atoms with Crippen LogP contribution in [0.25, 0.3) is 11.0 Å². The first kappa shape index (κ1) is 14.0. The molecule has 2 aromatic heterocycles. The standard InChI is InChI=1S/C16H22N4O/c1-4-15(21)20-9-5-6-12(10-20)14-8-7-13-11(2)18-19(3)16(13)17-14/h7-8,12H,4-6,9-10H2,1-3H3/t12-/m0/s1. The van der Waals surface area contributed by atoms with Crippen molar-refractivity contribution >= 4 is 16.9 Å². The van der Waals surface area contributed by atoms with Crippen LogP contribution in [0.1, 0.15) is 43.5 Å². The summed E-state index contributed by atoms with van der Waals surface area (Å²) in [4.78, 5) is 18.7. The maximum atomic E-state index is 11.9. The lowest BCUT2D eigenvalue weighted by molar-refractivity contribution is -0.132. The molecule has 5 nitrogen and oxygen atoms in total. The number of aryl methyl sites for hydroxylation is 2. The van der Waals surface area contributed by atoms with Crippen molar-refractivity contribution in [3.05, 3.63) is 23.5 Å². The van der Waals surface area contributed by atoms with Crippen LogP contribution in [0.4, 0.5) is 0 Å². The molecule has 0 unspecified atom stereocenters. The van der Waals surface area contributed by atoms with Gasteiger partial charge in [0.05, 0.1) is 5.69 Å². The van der Waals surface area contributed by atoms with Gasteiger partial charge in [-0.2, -0.15) is 5.10 Å². The molecular formula is C16H22N4O. The van der Waals surface area contributed by atoms with Crippen molar-refractivity contribution in [3.63, 3.8) is 0 Å². The predicted octanol–water partition coefficient (Wildman–Crippen LogP) is 2.39. The van der Waals surface area contributed by atoms with E-state index in [9.17, 15) is 4.79 Å². The van der Waals surface area contributed by atoms with E-state index in [0.29, 0.717) is 12.3 Å². The van der Waals surface area contributed by atoms with E-state index in [1.807, 2.05) is 30.5 Å². The topological polar surface area (TPSA) is 51.0 Å². The van der Waals surface area contributed by atoms with Crippen LogP contribution in [0, 0.1) is 6.92 Å². The van der Waals surface area contributed by atoms with E-state index in [-0.39, 0.29) is 5.91 Å². The van der Waals surface area contributed by atoms with Crippen LogP contribution >= 0.6 is 0 Å². The summed E-state index contributed by atoms with van der Waals surface area (Å²) in [6.07, 6.45) is 2.74. The monoisotopic (exact) mass is 286 g/mol. The largest absolute Gasteiger partial charge is 0.342 e. The summed E-state index contributed by atoms with van der Waals surface area (Å²) in [5, 5.41) is 5.53. The second kappa shape index (κ2) is 5.47. The molecule has 3 rings (SSSR count). The Balaban J connectivity index is 1.89. The number of hydrogen-bond acceptors (Lipinski definition) is 3. The van der Waals surface area contributed by atoms with Crippen LogP contribution in [0.15, 0.2) is 12.1 Å². The summed E-state index contributed by atoms with van der Waals surface area (Å²) in [5.41, 5.74) is 3.03. The number of rotatable bonds is 2. The smallest absolute Gasteiger partial charge is 0.222 e. The molecular weight excluding hydrogens is 264 g/mol. The normalized spacial score (nSPS) is 19.2. The summed E-state index contributed by atoms with van der Waals surface area (Å²) in [7, 11) is 1.93. The van der Waals surface area contributed by atoms with Crippen molar-refractivity contribution < 1.29 is 4.79 Å². The number of aromatic nitrogens is 3. The van der Waals surface area contributed by atoms with Crippen molar-refractivity contribution in [1.82, 2.24) is 19.7 Å². The number of piperidine rings is 1. The molecule has 112 valence electrons. The first-order valence-electron chi connectivity index (χ1n) is 7.68. The molecule has 3 heterocycles. The average molecular weight is 286 g/mol. The van der Waals surface area contributed by atoms with Crippen LogP contribution in [0.5, 0.6) is 0 Å². The van der Waals surface area contributed by atoms with Crippen molar-refractivity contribution in [3.8, 4) is 0 Å². The zero-order valence-corrected chi connectivity index (χ0v) is 13.0. The van der Waals surface area contributed by atoms with Gasteiger partial charge in [0.2, 0.25) is 5.91 Å². The lowest BCUT2D eigenvalue weighted by Crippen LogP contribution is -2.38. The molecule has 0 aliphatic carbocycles. The van der Waals surface area contributed by atoms with E-state index >= 15 is 0 Å². The fraction of sp³-hybridized carbons (Fsp3) is 0.562. The van der Waals surface area contributed by atoms with Crippen LogP contribution in [-0.2, 0) is 11.8 Å². The Morgan fingerprint density at radius 2 is 2.24 bits per heavy atom. The number of carbonyl (C=O) groups is 1. The number of hydrogen-bond donors (Lipinski definition) is 0. The van der Waals surface area contributed by atoms with Gasteiger partial charge in [0.15, 0.2) is 5.65 Å². The molecule has 1 aliphatic rings. The zero-order valence-electron chi connectivity index (χ0n) is 13.0. The third kappa shape index (κ3) is 2.52. The quantitative estimate of drug-likeness (QED) is 0.851. The van der Waals surface area contributed by atoms with Crippen LogP contribution in [-0.4, -0.2) is 38.7 Å². The lowest BCUT2D eigenvalue weighted by Gasteiger charge is -2.32. The second-order valence-corrected chi connectivity index (χ2v) is 5.85. The third-order valence-corrected chi connectivity index (χ3v) is 4.39. The van der Waals surface area contributed by atoms with Crippen LogP contribution < -0.4 is 0 Å². The summed E-state index contributed by atoms with van der Waals surface area (Å²) in [6, 6.07) is 4.21. The first-order chi connectivity index (χ1) is 10.1. The Morgan fingerprint density at radius 1 is 1.43 bits per heavy atom. The Kier molecular flexibility index (Phi) is 3.66. The molecule has 1 aliphatic heterocycles. The summed E-state index contributed by atoms with van der Waals surface area (Å²) >= 11 is 0. The van der Waals surface area contributed by atoms with Crippen molar-refractivity contribution in [2.24, 2.45) is 7.05 Å². The maximum Gasteiger partial charge on any atom is 0.222 e. The molecule has 0 radical (unpaired) electrons. The molecule has 0 bridgehead atoms. The first-order valence-corrected chi connectivity index (χ1v) is 7.68. The van der Waals surface area contributed by atoms with Gasteiger partial charge in [-0.05, 0) is 31.9 Å². The molecule has 1 fully saturated rings. The molecule has 0 saturated carbocycles. The van der Waals surface area contributed by atoms with Gasteiger partial charge in [0, 0.05) is 43.6 Å². The van der Waals surface area contributed by atoms with Gasteiger partial charge >= 0.3 is 0 Å². The number of carbonyl (C=O) groups excluding carboxylic acids is 1. The highest BCUT2D eigenvalue weighted by atomic mass is 16.2. The third-order valence-electron chi connectivity index (χ3n) is 4.39. The number of likely N-dealkylation sites (tertiary alicyclic amines) is 1. The number of nitrogens with zero attached hydrogens (tertiary/aromatic N) is 4. The molecule has 1 amide bonds. The Bertz CT molecular complexity index is 676. The second-order valence-electron chi connectivity index (χ2n) is 5.85. The molecule has 1 saturated heterocycles. The highest BCUT2D eigenvalue weighted by Crippen LogP contribution is 2.28. The number of amides is 1. The maximum absolute atomic E-state index is 11.9. The van der Waals surface area contributed by atoms with E-state index in [4.69, 9.17) is 4.98 Å². The fourth-order valence-corrected chi connectivity index (χ4v) is 3.21. The molecule has 0 spiro atoms. The Morgan fingerprint density at radius 3 is 3.00 bits per heavy atom. The predicted molar refractivity (Wildman–Crippen MR) is 82.1 cm³/mol. The highest BCUT2D eigenvalue weighted by molar-refractivity contribution is 5.78. The minimum absolute atomic E-state index is 0.247. The van der Waals surface area contributed by atoms with Crippen molar-refractivity contribution in [2.75, 3.05) is 13.1 Å². The molecule has 0 N–H and O–H groups in total. The van der Waals surface area contributed by atoms with Gasteiger partial charge < -0.3 is 4.90 Å². The van der Waals surface area contributed by atoms with E-state index in [2.05, 4.69) is 17.2 Å². The minimum atomic E-state index is 0.247. The van der Waals surface area contributed by atoms with E-state index < -0.39 is 0 Å². The van der Waals surface area contributed by atoms with E-state index in [1.54, 1.807) is 0 Å². The highest BCUT2D eigenvalue weighted by Gasteiger charge is 2.25. The van der Waals surface area contributed by atoms with Crippen LogP contribution in [0.2, 0.25) is 0 Å². The summed E-state index contributed by atoms with van der Waals surface area (Å²) in [6.45, 7) is 5.61. The Labute approximate surface area is 125 Å². The van der Waals surface area contributed by atoms with Gasteiger partial charge in [0.1, 0.15) is 0 Å². The minimum Gasteiger partial charge on any atom is -0.342 e. The SMILES string of the molecule is CCC(=O)N1CCC[C@H](c2ccc3c(C)nn(C)c3n2)C1. The fourth-order valence-electron chi connectivity index (χ4n) is 3.21. The summed E-state index contributed by atoms with van der Waals surface area (Å²) < 4.78 is 1.84. The van der Waals surface area contributed by atoms with Crippen LogP contribution in [0.3, 0.4) is 0 Å². The van der Waals surface area contributed by atoms with E-state index in [1.165, 1.54) is 0 Å². The number of pyridine rings is 1. The Hall–Kier alpha value is -1.91. The van der Waals surface area contributed by atoms with Gasteiger partial charge in [-0.25, -0.2) is 4.98 Å². The van der Waals surface area contributed by atoms with Crippen molar-refractivity contribution in [1.29, 1.82) is 0 Å². The van der Waals surface area contributed by atoms with E-state index in [0.717, 1.165) is 48.4 Å². The molecule has 0 aromatic carbocycles. The zero-order chi connectivity index (χ0) is 15.0. The van der Waals surface area contributed by atoms with Gasteiger partial charge in [-0.1, -0.05) is 6.92 Å². The molecule has 1 atom stereocenters. The number of fused-ring (bicyclic) bond motifs is 1. The lowest BCUT2D eigenvalue weighted by atomic mass is 9.94. The van der Waals surface area contributed by atoms with Gasteiger partial charge in [0.25, 0.3) is 0 Å². The molecule has 5 heteroatoms. The average Bonchev–Trinajstić information content (AvgIpc) is 2.81.